The second-order valence-electron chi connectivity index (χ2n) is 5.10. The number of carbonyl (C=O) groups is 2. The van der Waals surface area contributed by atoms with Gasteiger partial charge in [-0.15, -0.1) is 10.2 Å². The number of carbonyl (C=O) groups excluding carboxylic acids is 2. The highest BCUT2D eigenvalue weighted by molar-refractivity contribution is 7.16. The lowest BCUT2D eigenvalue weighted by Gasteiger charge is -2.03. The molecular formula is C18H13ClN4O2S. The highest BCUT2D eigenvalue weighted by Gasteiger charge is 2.12. The van der Waals surface area contributed by atoms with E-state index in [-0.39, 0.29) is 0 Å². The Morgan fingerprint density at radius 2 is 1.69 bits per heavy atom. The molecule has 1 heterocycles. The fourth-order valence-electron chi connectivity index (χ4n) is 1.99. The van der Waals surface area contributed by atoms with Crippen molar-refractivity contribution in [2.75, 3.05) is 5.32 Å². The van der Waals surface area contributed by atoms with Crippen LogP contribution in [-0.2, 0) is 0 Å². The van der Waals surface area contributed by atoms with Gasteiger partial charge < -0.3 is 0 Å². The molecule has 6 nitrogen and oxygen atoms in total. The zero-order valence-corrected chi connectivity index (χ0v) is 14.9. The van der Waals surface area contributed by atoms with Crippen molar-refractivity contribution in [3.05, 3.63) is 75.8 Å². The van der Waals surface area contributed by atoms with Crippen LogP contribution in [0, 0.1) is 0 Å². The van der Waals surface area contributed by atoms with Crippen LogP contribution in [0.15, 0.2) is 54.6 Å². The number of aromatic nitrogens is 2. The van der Waals surface area contributed by atoms with Gasteiger partial charge in [0.1, 0.15) is 5.01 Å². The van der Waals surface area contributed by atoms with Gasteiger partial charge in [0.15, 0.2) is 0 Å². The van der Waals surface area contributed by atoms with E-state index < -0.39 is 11.9 Å². The van der Waals surface area contributed by atoms with Crippen molar-refractivity contribution in [3.8, 4) is 0 Å². The predicted octanol–water partition coefficient (Wildman–Crippen LogP) is 4.32. The molecule has 2 aromatic carbocycles. The number of urea groups is 1. The second-order valence-corrected chi connectivity index (χ2v) is 6.55. The van der Waals surface area contributed by atoms with Crippen molar-refractivity contribution in [2.45, 2.75) is 0 Å². The van der Waals surface area contributed by atoms with E-state index in [0.29, 0.717) is 20.7 Å². The van der Waals surface area contributed by atoms with Gasteiger partial charge in [-0.25, -0.2) is 4.79 Å². The quantitative estimate of drug-likeness (QED) is 0.701. The molecule has 0 saturated carbocycles. The van der Waals surface area contributed by atoms with Gasteiger partial charge in [-0.05, 0) is 35.9 Å². The van der Waals surface area contributed by atoms with E-state index in [1.165, 1.54) is 23.5 Å². The van der Waals surface area contributed by atoms with Crippen molar-refractivity contribution in [3.63, 3.8) is 0 Å². The molecule has 3 aromatic rings. The Morgan fingerprint density at radius 3 is 2.42 bits per heavy atom. The smallest absolute Gasteiger partial charge is 0.282 e. The van der Waals surface area contributed by atoms with Crippen molar-refractivity contribution < 1.29 is 9.59 Å². The van der Waals surface area contributed by atoms with Crippen LogP contribution in [0.1, 0.15) is 20.9 Å². The fourth-order valence-corrected chi connectivity index (χ4v) is 2.76. The normalized spacial score (nSPS) is 10.7. The van der Waals surface area contributed by atoms with Gasteiger partial charge >= 0.3 is 6.03 Å². The zero-order valence-electron chi connectivity index (χ0n) is 13.3. The van der Waals surface area contributed by atoms with Gasteiger partial charge in [0.25, 0.3) is 5.91 Å². The highest BCUT2D eigenvalue weighted by atomic mass is 35.5. The maximum absolute atomic E-state index is 12.0. The molecule has 0 radical (unpaired) electrons. The summed E-state index contributed by atoms with van der Waals surface area (Å²) >= 11 is 6.96. The number of halogens is 1. The lowest BCUT2D eigenvalue weighted by molar-refractivity contribution is 0.0967. The lowest BCUT2D eigenvalue weighted by atomic mass is 10.2. The molecule has 26 heavy (non-hydrogen) atoms. The third-order valence-electron chi connectivity index (χ3n) is 3.21. The molecule has 0 fully saturated rings. The number of anilines is 1. The van der Waals surface area contributed by atoms with Crippen LogP contribution in [0.4, 0.5) is 9.93 Å². The molecule has 0 aliphatic rings. The van der Waals surface area contributed by atoms with E-state index in [1.807, 2.05) is 36.4 Å². The average Bonchev–Trinajstić information content (AvgIpc) is 3.08. The summed E-state index contributed by atoms with van der Waals surface area (Å²) in [6, 6.07) is 15.3. The molecule has 2 N–H and O–H groups in total. The van der Waals surface area contributed by atoms with Crippen LogP contribution in [-0.4, -0.2) is 22.1 Å². The molecule has 0 bridgehead atoms. The molecule has 0 spiro atoms. The first-order valence-electron chi connectivity index (χ1n) is 7.55. The second kappa shape index (κ2) is 8.37. The molecule has 0 unspecified atom stereocenters. The molecule has 8 heteroatoms. The first-order chi connectivity index (χ1) is 12.6. The van der Waals surface area contributed by atoms with E-state index in [0.717, 1.165) is 5.56 Å². The predicted molar refractivity (Wildman–Crippen MR) is 103 cm³/mol. The zero-order chi connectivity index (χ0) is 18.4. The third kappa shape index (κ3) is 4.98. The van der Waals surface area contributed by atoms with E-state index in [2.05, 4.69) is 20.8 Å². The summed E-state index contributed by atoms with van der Waals surface area (Å²) in [6.07, 6.45) is 3.70. The molecule has 0 aliphatic carbocycles. The molecular weight excluding hydrogens is 372 g/mol. The minimum Gasteiger partial charge on any atom is -0.282 e. The number of amides is 3. The third-order valence-corrected chi connectivity index (χ3v) is 4.27. The molecule has 0 aliphatic heterocycles. The van der Waals surface area contributed by atoms with E-state index in [1.54, 1.807) is 18.2 Å². The van der Waals surface area contributed by atoms with E-state index in [4.69, 9.17) is 11.6 Å². The van der Waals surface area contributed by atoms with Crippen molar-refractivity contribution in [2.24, 2.45) is 0 Å². The van der Waals surface area contributed by atoms with Crippen LogP contribution < -0.4 is 10.6 Å². The Morgan fingerprint density at radius 1 is 0.962 bits per heavy atom. The maximum Gasteiger partial charge on any atom is 0.328 e. The largest absolute Gasteiger partial charge is 0.328 e. The van der Waals surface area contributed by atoms with Crippen LogP contribution in [0.2, 0.25) is 5.02 Å². The number of nitrogens with one attached hydrogen (secondary N) is 2. The van der Waals surface area contributed by atoms with E-state index in [9.17, 15) is 9.59 Å². The Balaban J connectivity index is 1.56. The summed E-state index contributed by atoms with van der Waals surface area (Å²) in [5, 5.41) is 14.0. The lowest BCUT2D eigenvalue weighted by Crippen LogP contribution is -2.34. The molecule has 0 saturated heterocycles. The molecule has 130 valence electrons. The number of benzene rings is 2. The Hall–Kier alpha value is -3.03. The minimum atomic E-state index is -0.681. The first-order valence-corrected chi connectivity index (χ1v) is 8.74. The molecule has 3 rings (SSSR count). The number of hydrogen-bond acceptors (Lipinski definition) is 5. The summed E-state index contributed by atoms with van der Waals surface area (Å²) in [5.74, 6) is -0.534. The monoisotopic (exact) mass is 384 g/mol. The van der Waals surface area contributed by atoms with E-state index >= 15 is 0 Å². The van der Waals surface area contributed by atoms with Crippen molar-refractivity contribution in [1.82, 2.24) is 15.5 Å². The Bertz CT molecular complexity index is 939. The first kappa shape index (κ1) is 17.8. The minimum absolute atomic E-state index is 0.291. The van der Waals surface area contributed by atoms with Crippen molar-refractivity contribution >= 4 is 52.2 Å². The van der Waals surface area contributed by atoms with Crippen LogP contribution in [0.25, 0.3) is 12.2 Å². The van der Waals surface area contributed by atoms with Crippen molar-refractivity contribution in [1.29, 1.82) is 0 Å². The number of imide groups is 1. The molecule has 0 atom stereocenters. The van der Waals surface area contributed by atoms with Gasteiger partial charge in [-0.1, -0.05) is 59.3 Å². The number of hydrogen-bond donors (Lipinski definition) is 2. The van der Waals surface area contributed by atoms with Gasteiger partial charge in [0, 0.05) is 10.6 Å². The topological polar surface area (TPSA) is 84.0 Å². The van der Waals surface area contributed by atoms with Crippen LogP contribution in [0.3, 0.4) is 0 Å². The number of rotatable bonds is 4. The standard InChI is InChI=1S/C18H13ClN4O2S/c19-14-9-7-13(8-10-14)16(24)20-17(25)21-18-23-22-15(26-18)11-6-12-4-2-1-3-5-12/h1-11H,(H2,20,21,23,24,25)/b11-6+. The summed E-state index contributed by atoms with van der Waals surface area (Å²) < 4.78 is 0. The van der Waals surface area contributed by atoms with Gasteiger partial charge in [0.05, 0.1) is 0 Å². The summed E-state index contributed by atoms with van der Waals surface area (Å²) in [5.41, 5.74) is 1.36. The van der Waals surface area contributed by atoms with Crippen LogP contribution >= 0.6 is 22.9 Å². The number of nitrogens with zero attached hydrogens (tertiary/aromatic N) is 2. The summed E-state index contributed by atoms with van der Waals surface area (Å²) in [7, 11) is 0. The average molecular weight is 385 g/mol. The Kier molecular flexibility index (Phi) is 5.73. The SMILES string of the molecule is O=C(NC(=O)c1ccc(Cl)cc1)Nc1nnc(/C=C/c2ccccc2)s1. The summed E-state index contributed by atoms with van der Waals surface area (Å²) in [6.45, 7) is 0. The Labute approximate surface area is 158 Å². The van der Waals surface area contributed by atoms with Gasteiger partial charge in [-0.2, -0.15) is 0 Å². The maximum atomic E-state index is 12.0. The molecule has 3 amide bonds. The molecule has 1 aromatic heterocycles. The highest BCUT2D eigenvalue weighted by Crippen LogP contribution is 2.17. The van der Waals surface area contributed by atoms with Gasteiger partial charge in [-0.3, -0.25) is 15.4 Å². The van der Waals surface area contributed by atoms with Crippen LogP contribution in [0.5, 0.6) is 0 Å². The van der Waals surface area contributed by atoms with Gasteiger partial charge in [0.2, 0.25) is 5.13 Å². The fraction of sp³-hybridized carbons (Fsp3) is 0. The summed E-state index contributed by atoms with van der Waals surface area (Å²) in [4.78, 5) is 23.9.